The van der Waals surface area contributed by atoms with Crippen LogP contribution in [-0.2, 0) is 5.41 Å². The Morgan fingerprint density at radius 1 is 1.18 bits per heavy atom. The molecule has 1 N–H and O–H groups in total. The van der Waals surface area contributed by atoms with Crippen LogP contribution in [0.1, 0.15) is 52.0 Å². The highest BCUT2D eigenvalue weighted by molar-refractivity contribution is 5.39. The summed E-state index contributed by atoms with van der Waals surface area (Å²) >= 11 is 0. The van der Waals surface area contributed by atoms with Crippen LogP contribution in [0.25, 0.3) is 0 Å². The average Bonchev–Trinajstić information content (AvgIpc) is 2.31. The molecule has 1 aromatic carbocycles. The van der Waals surface area contributed by atoms with Crippen molar-refractivity contribution in [2.24, 2.45) is 11.8 Å². The lowest BCUT2D eigenvalue weighted by Crippen LogP contribution is -2.36. The van der Waals surface area contributed by atoms with Crippen molar-refractivity contribution < 1.29 is 5.11 Å². The van der Waals surface area contributed by atoms with Crippen LogP contribution in [0.5, 0.6) is 5.75 Å². The van der Waals surface area contributed by atoms with Crippen LogP contribution in [0.2, 0.25) is 0 Å². The summed E-state index contributed by atoms with van der Waals surface area (Å²) in [6.07, 6.45) is 4.99. The predicted octanol–water partition coefficient (Wildman–Crippen LogP) is 4.50. The fraction of sp³-hybridized carbons (Fsp3) is 0.625. The zero-order chi connectivity index (χ0) is 12.5. The van der Waals surface area contributed by atoms with Gasteiger partial charge in [0.25, 0.3) is 0 Å². The number of hydrogen-bond donors (Lipinski definition) is 1. The monoisotopic (exact) mass is 232 g/mol. The molecule has 1 aliphatic rings. The molecule has 1 saturated carbocycles. The molecule has 0 heterocycles. The molecule has 0 bridgehead atoms. The lowest BCUT2D eigenvalue weighted by Gasteiger charge is -2.43. The molecule has 0 spiro atoms. The van der Waals surface area contributed by atoms with Crippen LogP contribution in [0.3, 0.4) is 0 Å². The van der Waals surface area contributed by atoms with Crippen LogP contribution in [0.15, 0.2) is 24.3 Å². The van der Waals surface area contributed by atoms with Crippen molar-refractivity contribution in [2.75, 3.05) is 0 Å². The molecule has 2 rings (SSSR count). The quantitative estimate of drug-likeness (QED) is 0.796. The molecule has 1 aromatic rings. The van der Waals surface area contributed by atoms with Gasteiger partial charge in [0, 0.05) is 11.0 Å². The number of para-hydroxylation sites is 1. The van der Waals surface area contributed by atoms with Gasteiger partial charge in [0.05, 0.1) is 0 Å². The molecule has 0 unspecified atom stereocenters. The minimum atomic E-state index is 0.192. The Labute approximate surface area is 105 Å². The Bertz CT molecular complexity index is 373. The SMILES string of the molecule is CC1CCC(c2ccccc2O)(C(C)C)CC1. The molecule has 1 aliphatic carbocycles. The maximum absolute atomic E-state index is 10.1. The molecule has 0 saturated heterocycles. The summed E-state index contributed by atoms with van der Waals surface area (Å²) in [4.78, 5) is 0. The van der Waals surface area contributed by atoms with Crippen molar-refractivity contribution in [3.8, 4) is 5.75 Å². The van der Waals surface area contributed by atoms with E-state index in [-0.39, 0.29) is 5.41 Å². The fourth-order valence-electron chi connectivity index (χ4n) is 3.33. The van der Waals surface area contributed by atoms with Gasteiger partial charge in [-0.2, -0.15) is 0 Å². The summed E-state index contributed by atoms with van der Waals surface area (Å²) in [5.74, 6) is 1.91. The van der Waals surface area contributed by atoms with Crippen molar-refractivity contribution in [1.29, 1.82) is 0 Å². The second-order valence-corrected chi connectivity index (χ2v) is 6.01. The minimum Gasteiger partial charge on any atom is -0.508 e. The van der Waals surface area contributed by atoms with Gasteiger partial charge in [0.15, 0.2) is 0 Å². The van der Waals surface area contributed by atoms with Gasteiger partial charge in [0.1, 0.15) is 5.75 Å². The van der Waals surface area contributed by atoms with Crippen molar-refractivity contribution in [2.45, 2.75) is 51.9 Å². The van der Waals surface area contributed by atoms with E-state index in [1.165, 1.54) is 31.2 Å². The van der Waals surface area contributed by atoms with E-state index in [0.717, 1.165) is 5.92 Å². The first-order chi connectivity index (χ1) is 8.06. The van der Waals surface area contributed by atoms with Gasteiger partial charge < -0.3 is 5.11 Å². The molecule has 0 atom stereocenters. The van der Waals surface area contributed by atoms with Gasteiger partial charge in [-0.3, -0.25) is 0 Å². The second kappa shape index (κ2) is 4.72. The third kappa shape index (κ3) is 2.20. The van der Waals surface area contributed by atoms with Gasteiger partial charge in [-0.15, -0.1) is 0 Å². The summed E-state index contributed by atoms with van der Waals surface area (Å²) < 4.78 is 0. The molecule has 0 radical (unpaired) electrons. The van der Waals surface area contributed by atoms with Gasteiger partial charge in [-0.1, -0.05) is 39.0 Å². The maximum Gasteiger partial charge on any atom is 0.119 e. The highest BCUT2D eigenvalue weighted by Gasteiger charge is 2.39. The molecule has 0 aromatic heterocycles. The predicted molar refractivity (Wildman–Crippen MR) is 72.3 cm³/mol. The van der Waals surface area contributed by atoms with Crippen LogP contribution in [-0.4, -0.2) is 5.11 Å². The summed E-state index contributed by atoms with van der Waals surface area (Å²) in [5.41, 5.74) is 1.36. The Morgan fingerprint density at radius 2 is 1.76 bits per heavy atom. The van der Waals surface area contributed by atoms with E-state index >= 15 is 0 Å². The minimum absolute atomic E-state index is 0.192. The van der Waals surface area contributed by atoms with Crippen LogP contribution in [0, 0.1) is 11.8 Å². The van der Waals surface area contributed by atoms with Gasteiger partial charge in [0.2, 0.25) is 0 Å². The molecular weight excluding hydrogens is 208 g/mol. The highest BCUT2D eigenvalue weighted by atomic mass is 16.3. The van der Waals surface area contributed by atoms with E-state index in [2.05, 4.69) is 32.9 Å². The zero-order valence-electron chi connectivity index (χ0n) is 11.2. The van der Waals surface area contributed by atoms with Crippen LogP contribution >= 0.6 is 0 Å². The number of phenols is 1. The third-order valence-electron chi connectivity index (χ3n) is 4.71. The summed E-state index contributed by atoms with van der Waals surface area (Å²) in [5, 5.41) is 10.1. The van der Waals surface area contributed by atoms with E-state index in [0.29, 0.717) is 11.7 Å². The van der Waals surface area contributed by atoms with E-state index in [4.69, 9.17) is 0 Å². The topological polar surface area (TPSA) is 20.2 Å². The molecular formula is C16H24O. The Balaban J connectivity index is 2.39. The van der Waals surface area contributed by atoms with Crippen molar-refractivity contribution in [1.82, 2.24) is 0 Å². The van der Waals surface area contributed by atoms with E-state index in [1.807, 2.05) is 12.1 Å². The van der Waals surface area contributed by atoms with Crippen molar-refractivity contribution in [3.63, 3.8) is 0 Å². The van der Waals surface area contributed by atoms with Gasteiger partial charge >= 0.3 is 0 Å². The first kappa shape index (κ1) is 12.5. The molecule has 0 amide bonds. The number of hydrogen-bond acceptors (Lipinski definition) is 1. The fourth-order valence-corrected chi connectivity index (χ4v) is 3.33. The molecule has 0 aliphatic heterocycles. The number of phenolic OH excluding ortho intramolecular Hbond substituents is 1. The summed E-state index contributed by atoms with van der Waals surface area (Å²) in [6, 6.07) is 7.92. The highest BCUT2D eigenvalue weighted by Crippen LogP contribution is 2.48. The average molecular weight is 232 g/mol. The van der Waals surface area contributed by atoms with Gasteiger partial charge in [-0.05, 0) is 43.6 Å². The summed E-state index contributed by atoms with van der Waals surface area (Å²) in [6.45, 7) is 6.93. The van der Waals surface area contributed by atoms with Crippen molar-refractivity contribution >= 4 is 0 Å². The lowest BCUT2D eigenvalue weighted by atomic mass is 9.61. The molecule has 94 valence electrons. The molecule has 1 heteroatoms. The molecule has 1 nitrogen and oxygen atoms in total. The zero-order valence-corrected chi connectivity index (χ0v) is 11.2. The molecule has 1 fully saturated rings. The first-order valence-corrected chi connectivity index (χ1v) is 6.85. The maximum atomic E-state index is 10.1. The van der Waals surface area contributed by atoms with E-state index in [1.54, 1.807) is 0 Å². The van der Waals surface area contributed by atoms with E-state index in [9.17, 15) is 5.11 Å². The lowest BCUT2D eigenvalue weighted by molar-refractivity contribution is 0.178. The summed E-state index contributed by atoms with van der Waals surface area (Å²) in [7, 11) is 0. The number of aromatic hydroxyl groups is 1. The smallest absolute Gasteiger partial charge is 0.119 e. The Hall–Kier alpha value is -0.980. The normalized spacial score (nSPS) is 29.5. The van der Waals surface area contributed by atoms with Gasteiger partial charge in [-0.25, -0.2) is 0 Å². The number of benzene rings is 1. The van der Waals surface area contributed by atoms with Crippen LogP contribution in [0.4, 0.5) is 0 Å². The second-order valence-electron chi connectivity index (χ2n) is 6.01. The van der Waals surface area contributed by atoms with Crippen LogP contribution < -0.4 is 0 Å². The van der Waals surface area contributed by atoms with Crippen molar-refractivity contribution in [3.05, 3.63) is 29.8 Å². The largest absolute Gasteiger partial charge is 0.508 e. The standard InChI is InChI=1S/C16H24O/c1-12(2)16(10-8-13(3)9-11-16)14-6-4-5-7-15(14)17/h4-7,12-13,17H,8-11H2,1-3H3. The Kier molecular flexibility index (Phi) is 3.46. The third-order valence-corrected chi connectivity index (χ3v) is 4.71. The first-order valence-electron chi connectivity index (χ1n) is 6.85. The number of rotatable bonds is 2. The molecule has 17 heavy (non-hydrogen) atoms. The Morgan fingerprint density at radius 3 is 2.29 bits per heavy atom. The van der Waals surface area contributed by atoms with E-state index < -0.39 is 0 Å².